The minimum absolute atomic E-state index is 0.197. The zero-order valence-electron chi connectivity index (χ0n) is 7.74. The summed E-state index contributed by atoms with van der Waals surface area (Å²) in [6.07, 6.45) is 1.63. The molecule has 0 aliphatic carbocycles. The van der Waals surface area contributed by atoms with Crippen molar-refractivity contribution in [2.24, 2.45) is 0 Å². The molecule has 15 heavy (non-hydrogen) atoms. The van der Waals surface area contributed by atoms with Crippen molar-refractivity contribution >= 4 is 11.0 Å². The highest BCUT2D eigenvalue weighted by atomic mass is 16.2. The minimum Gasteiger partial charge on any atom is -0.384 e. The molecule has 0 amide bonds. The van der Waals surface area contributed by atoms with Crippen LogP contribution in [0.4, 0.5) is 0 Å². The largest absolute Gasteiger partial charge is 0.384 e. The van der Waals surface area contributed by atoms with E-state index in [9.17, 15) is 4.79 Å². The number of aromatic amines is 2. The van der Waals surface area contributed by atoms with Gasteiger partial charge in [-0.2, -0.15) is 5.10 Å². The summed E-state index contributed by atoms with van der Waals surface area (Å²) < 4.78 is 0. The average Bonchev–Trinajstić information content (AvgIpc) is 2.63. The molecule has 0 spiro atoms. The van der Waals surface area contributed by atoms with Gasteiger partial charge in [-0.15, -0.1) is 0 Å². The van der Waals surface area contributed by atoms with Crippen molar-refractivity contribution in [1.82, 2.24) is 20.2 Å². The number of hydrogen-bond donors (Lipinski definition) is 3. The van der Waals surface area contributed by atoms with E-state index >= 15 is 0 Å². The molecule has 0 atom stereocenters. The van der Waals surface area contributed by atoms with E-state index in [1.165, 1.54) is 6.33 Å². The Labute approximate surface area is 84.4 Å². The van der Waals surface area contributed by atoms with Crippen LogP contribution in [0.5, 0.6) is 0 Å². The Morgan fingerprint density at radius 1 is 1.47 bits per heavy atom. The summed E-state index contributed by atoms with van der Waals surface area (Å²) in [6.45, 7) is -0.197. The average molecular weight is 204 g/mol. The SMILES string of the molecule is O=c1[nH]cnc2[nH]nc(CC#CCO)c12. The van der Waals surface area contributed by atoms with Crippen LogP contribution in [0.25, 0.3) is 11.0 Å². The van der Waals surface area contributed by atoms with E-state index in [-0.39, 0.29) is 12.2 Å². The van der Waals surface area contributed by atoms with Gasteiger partial charge in [0.2, 0.25) is 0 Å². The van der Waals surface area contributed by atoms with Crippen molar-refractivity contribution in [3.8, 4) is 11.8 Å². The second-order valence-corrected chi connectivity index (χ2v) is 2.81. The number of fused-ring (bicyclic) bond motifs is 1. The van der Waals surface area contributed by atoms with E-state index in [4.69, 9.17) is 5.11 Å². The van der Waals surface area contributed by atoms with Crippen LogP contribution in [0.2, 0.25) is 0 Å². The molecule has 3 N–H and O–H groups in total. The summed E-state index contributed by atoms with van der Waals surface area (Å²) in [4.78, 5) is 17.8. The van der Waals surface area contributed by atoms with E-state index in [2.05, 4.69) is 32.0 Å². The third-order valence-electron chi connectivity index (χ3n) is 1.90. The van der Waals surface area contributed by atoms with Crippen molar-refractivity contribution in [2.75, 3.05) is 6.61 Å². The van der Waals surface area contributed by atoms with Gasteiger partial charge >= 0.3 is 0 Å². The van der Waals surface area contributed by atoms with Crippen LogP contribution >= 0.6 is 0 Å². The second-order valence-electron chi connectivity index (χ2n) is 2.81. The Morgan fingerprint density at radius 3 is 3.13 bits per heavy atom. The van der Waals surface area contributed by atoms with Crippen LogP contribution in [0, 0.1) is 11.8 Å². The summed E-state index contributed by atoms with van der Waals surface area (Å²) in [7, 11) is 0. The molecule has 0 radical (unpaired) electrons. The molecule has 2 heterocycles. The first-order chi connectivity index (χ1) is 7.33. The topological polar surface area (TPSA) is 94.7 Å². The van der Waals surface area contributed by atoms with Gasteiger partial charge in [0.1, 0.15) is 12.0 Å². The van der Waals surface area contributed by atoms with Crippen molar-refractivity contribution < 1.29 is 5.11 Å². The first kappa shape index (κ1) is 9.43. The number of aliphatic hydroxyl groups excluding tert-OH is 1. The summed E-state index contributed by atoms with van der Waals surface area (Å²) in [5.74, 6) is 5.18. The molecular formula is C9H8N4O2. The molecule has 6 nitrogen and oxygen atoms in total. The van der Waals surface area contributed by atoms with Crippen LogP contribution in [-0.4, -0.2) is 31.9 Å². The zero-order chi connectivity index (χ0) is 10.7. The Bertz CT molecular complexity index is 587. The van der Waals surface area contributed by atoms with Crippen molar-refractivity contribution in [3.05, 3.63) is 22.4 Å². The van der Waals surface area contributed by atoms with Gasteiger partial charge < -0.3 is 10.1 Å². The summed E-state index contributed by atoms with van der Waals surface area (Å²) in [5, 5.41) is 15.5. The Hall–Kier alpha value is -2.13. The normalized spacial score (nSPS) is 9.93. The molecule has 0 fully saturated rings. The first-order valence-electron chi connectivity index (χ1n) is 4.30. The van der Waals surface area contributed by atoms with E-state index in [1.54, 1.807) is 0 Å². The number of nitrogens with one attached hydrogen (secondary N) is 2. The van der Waals surface area contributed by atoms with Crippen molar-refractivity contribution in [2.45, 2.75) is 6.42 Å². The molecule has 2 aromatic rings. The second kappa shape index (κ2) is 3.94. The molecule has 2 aromatic heterocycles. The fourth-order valence-electron chi connectivity index (χ4n) is 1.26. The van der Waals surface area contributed by atoms with Gasteiger partial charge in [0, 0.05) is 0 Å². The lowest BCUT2D eigenvalue weighted by molar-refractivity contribution is 0.350. The van der Waals surface area contributed by atoms with E-state index in [0.29, 0.717) is 23.1 Å². The third-order valence-corrected chi connectivity index (χ3v) is 1.90. The fourth-order valence-corrected chi connectivity index (χ4v) is 1.26. The van der Waals surface area contributed by atoms with Gasteiger partial charge in [-0.05, 0) is 0 Å². The first-order valence-corrected chi connectivity index (χ1v) is 4.30. The molecule has 0 saturated carbocycles. The molecule has 0 saturated heterocycles. The van der Waals surface area contributed by atoms with Crippen LogP contribution in [0.3, 0.4) is 0 Å². The van der Waals surface area contributed by atoms with Gasteiger partial charge in [-0.1, -0.05) is 11.8 Å². The lowest BCUT2D eigenvalue weighted by atomic mass is 10.2. The smallest absolute Gasteiger partial charge is 0.262 e. The van der Waals surface area contributed by atoms with Crippen LogP contribution in [0.1, 0.15) is 5.69 Å². The number of H-pyrrole nitrogens is 2. The minimum atomic E-state index is -0.241. The number of aromatic nitrogens is 4. The molecular weight excluding hydrogens is 196 g/mol. The van der Waals surface area contributed by atoms with Crippen LogP contribution in [0.15, 0.2) is 11.1 Å². The summed E-state index contributed by atoms with van der Waals surface area (Å²) in [6, 6.07) is 0. The highest BCUT2D eigenvalue weighted by molar-refractivity contribution is 5.76. The van der Waals surface area contributed by atoms with E-state index in [0.717, 1.165) is 0 Å². The van der Waals surface area contributed by atoms with Gasteiger partial charge in [-0.3, -0.25) is 9.89 Å². The van der Waals surface area contributed by atoms with Gasteiger partial charge in [0.25, 0.3) is 5.56 Å². The molecule has 6 heteroatoms. The number of aliphatic hydroxyl groups is 1. The molecule has 0 aliphatic rings. The van der Waals surface area contributed by atoms with Gasteiger partial charge in [0.15, 0.2) is 5.65 Å². The van der Waals surface area contributed by atoms with Gasteiger partial charge in [-0.25, -0.2) is 4.98 Å². The molecule has 76 valence electrons. The highest BCUT2D eigenvalue weighted by Gasteiger charge is 2.08. The summed E-state index contributed by atoms with van der Waals surface area (Å²) in [5.41, 5.74) is 0.745. The lowest BCUT2D eigenvalue weighted by Gasteiger charge is -1.87. The highest BCUT2D eigenvalue weighted by Crippen LogP contribution is 2.07. The maximum atomic E-state index is 11.4. The van der Waals surface area contributed by atoms with Crippen molar-refractivity contribution in [3.63, 3.8) is 0 Å². The van der Waals surface area contributed by atoms with Crippen molar-refractivity contribution in [1.29, 1.82) is 0 Å². The summed E-state index contributed by atoms with van der Waals surface area (Å²) >= 11 is 0. The predicted octanol–water partition coefficient (Wildman–Crippen LogP) is -0.816. The van der Waals surface area contributed by atoms with E-state index in [1.807, 2.05) is 0 Å². The zero-order valence-corrected chi connectivity index (χ0v) is 7.74. The predicted molar refractivity (Wildman–Crippen MR) is 53.1 cm³/mol. The third kappa shape index (κ3) is 1.73. The van der Waals surface area contributed by atoms with Crippen LogP contribution in [-0.2, 0) is 6.42 Å². The van der Waals surface area contributed by atoms with Crippen LogP contribution < -0.4 is 5.56 Å². The number of hydrogen-bond acceptors (Lipinski definition) is 4. The molecule has 0 unspecified atom stereocenters. The molecule has 0 aliphatic heterocycles. The quantitative estimate of drug-likeness (QED) is 0.529. The maximum absolute atomic E-state index is 11.4. The van der Waals surface area contributed by atoms with Gasteiger partial charge in [0.05, 0.1) is 18.4 Å². The molecule has 2 rings (SSSR count). The Kier molecular flexibility index (Phi) is 2.48. The molecule has 0 aromatic carbocycles. The fraction of sp³-hybridized carbons (Fsp3) is 0.222. The molecule has 0 bridgehead atoms. The lowest BCUT2D eigenvalue weighted by Crippen LogP contribution is -2.06. The Balaban J connectivity index is 2.48. The monoisotopic (exact) mass is 204 g/mol. The Morgan fingerprint density at radius 2 is 2.33 bits per heavy atom. The standard InChI is InChI=1S/C9H8N4O2/c14-4-2-1-3-6-7-8(13-12-6)10-5-11-9(7)15/h5,14H,3-4H2,(H2,10,11,12,13,15). The maximum Gasteiger partial charge on any atom is 0.262 e. The number of nitrogens with zero attached hydrogens (tertiary/aromatic N) is 2. The number of rotatable bonds is 1. The van der Waals surface area contributed by atoms with E-state index < -0.39 is 0 Å².